The van der Waals surface area contributed by atoms with Crippen LogP contribution in [-0.4, -0.2) is 30.8 Å². The normalized spacial score (nSPS) is 12.2. The summed E-state index contributed by atoms with van der Waals surface area (Å²) in [6.07, 6.45) is 0.315. The van der Waals surface area contributed by atoms with Gasteiger partial charge in [0.15, 0.2) is 11.9 Å². The van der Waals surface area contributed by atoms with E-state index < -0.39 is 23.6 Å². The van der Waals surface area contributed by atoms with E-state index in [1.807, 2.05) is 13.8 Å². The van der Waals surface area contributed by atoms with Gasteiger partial charge in [-0.05, 0) is 54.8 Å². The molecule has 1 unspecified atom stereocenters. The van der Waals surface area contributed by atoms with Gasteiger partial charge >= 0.3 is 0 Å². The number of nitrogens with zero attached hydrogens (tertiary/aromatic N) is 4. The number of halogens is 2. The minimum atomic E-state index is -1.74. The third kappa shape index (κ3) is 3.87. The Morgan fingerprint density at radius 2 is 1.91 bits per heavy atom. The molecular formula is C22H20F2N6O2. The van der Waals surface area contributed by atoms with Gasteiger partial charge < -0.3 is 16.2 Å². The fraction of sp³-hybridized carbons (Fsp3) is 0.182. The molecular weight excluding hydrogens is 418 g/mol. The molecule has 164 valence electrons. The lowest BCUT2D eigenvalue weighted by atomic mass is 10.1. The van der Waals surface area contributed by atoms with Crippen LogP contribution in [0, 0.1) is 18.6 Å². The first-order valence-electron chi connectivity index (χ1n) is 9.82. The number of aromatic nitrogens is 4. The van der Waals surface area contributed by atoms with Crippen molar-refractivity contribution < 1.29 is 18.7 Å². The second-order valence-electron chi connectivity index (χ2n) is 7.26. The number of aryl methyl sites for hydroxylation is 2. The Balaban J connectivity index is 1.63. The summed E-state index contributed by atoms with van der Waals surface area (Å²) in [7, 11) is 0. The maximum Gasteiger partial charge on any atom is 0.257 e. The second-order valence-corrected chi connectivity index (χ2v) is 7.26. The number of rotatable bonds is 5. The summed E-state index contributed by atoms with van der Waals surface area (Å²) in [5.41, 5.74) is 9.78. The van der Waals surface area contributed by atoms with Gasteiger partial charge in [0, 0.05) is 11.8 Å². The Morgan fingerprint density at radius 1 is 1.19 bits per heavy atom. The lowest BCUT2D eigenvalue weighted by Gasteiger charge is -2.14. The molecule has 10 heteroatoms. The van der Waals surface area contributed by atoms with Crippen molar-refractivity contribution in [3.63, 3.8) is 0 Å². The van der Waals surface area contributed by atoms with Gasteiger partial charge in [-0.3, -0.25) is 4.79 Å². The highest BCUT2D eigenvalue weighted by Crippen LogP contribution is 2.27. The van der Waals surface area contributed by atoms with Gasteiger partial charge in [0.05, 0.1) is 11.4 Å². The third-order valence-corrected chi connectivity index (χ3v) is 5.03. The highest BCUT2D eigenvalue weighted by Gasteiger charge is 2.20. The molecule has 0 aliphatic rings. The van der Waals surface area contributed by atoms with Crippen LogP contribution in [0.2, 0.25) is 0 Å². The number of nitrogen functional groups attached to an aromatic ring is 1. The standard InChI is InChI=1S/C22H20F2N6O2/c1-3-16-18-19(21(25)27-10-26-18)30(29-16)17-5-4-15(6-11(17)2)28-22(32)20(31)12-7-13(23)9-14(24)8-12/h4-10,20,31H,3H2,1-2H3,(H,28,32)(H2,25,26,27). The van der Waals surface area contributed by atoms with Crippen molar-refractivity contribution in [2.45, 2.75) is 26.4 Å². The Hall–Kier alpha value is -3.92. The van der Waals surface area contributed by atoms with E-state index in [-0.39, 0.29) is 5.56 Å². The van der Waals surface area contributed by atoms with E-state index in [0.29, 0.717) is 40.7 Å². The average molecular weight is 438 g/mol. The molecule has 1 atom stereocenters. The summed E-state index contributed by atoms with van der Waals surface area (Å²) in [5, 5.41) is 17.4. The molecule has 0 radical (unpaired) electrons. The van der Waals surface area contributed by atoms with Crippen molar-refractivity contribution in [3.8, 4) is 5.69 Å². The van der Waals surface area contributed by atoms with Gasteiger partial charge in [0.2, 0.25) is 0 Å². The molecule has 0 bridgehead atoms. The summed E-state index contributed by atoms with van der Waals surface area (Å²) in [6, 6.07) is 7.52. The van der Waals surface area contributed by atoms with Crippen LogP contribution in [-0.2, 0) is 11.2 Å². The molecule has 2 heterocycles. The van der Waals surface area contributed by atoms with Crippen molar-refractivity contribution in [1.29, 1.82) is 0 Å². The van der Waals surface area contributed by atoms with Crippen molar-refractivity contribution in [2.75, 3.05) is 11.1 Å². The van der Waals surface area contributed by atoms with E-state index in [1.54, 1.807) is 22.9 Å². The fourth-order valence-electron chi connectivity index (χ4n) is 3.51. The Bertz CT molecular complexity index is 1320. The predicted octanol–water partition coefficient (Wildman–Crippen LogP) is 3.22. The molecule has 0 saturated carbocycles. The van der Waals surface area contributed by atoms with Crippen LogP contribution in [0.15, 0.2) is 42.7 Å². The number of carbonyl (C=O) groups excluding carboxylic acids is 1. The third-order valence-electron chi connectivity index (χ3n) is 5.03. The lowest BCUT2D eigenvalue weighted by Crippen LogP contribution is -2.21. The highest BCUT2D eigenvalue weighted by molar-refractivity contribution is 5.95. The monoisotopic (exact) mass is 438 g/mol. The Labute approximate surface area is 181 Å². The van der Waals surface area contributed by atoms with Gasteiger partial charge in [-0.15, -0.1) is 0 Å². The molecule has 1 amide bonds. The zero-order valence-corrected chi connectivity index (χ0v) is 17.3. The van der Waals surface area contributed by atoms with Gasteiger partial charge in [-0.25, -0.2) is 23.4 Å². The lowest BCUT2D eigenvalue weighted by molar-refractivity contribution is -0.124. The molecule has 0 saturated heterocycles. The van der Waals surface area contributed by atoms with Gasteiger partial charge in [-0.2, -0.15) is 5.10 Å². The SMILES string of the molecule is CCc1nn(-c2ccc(NC(=O)C(O)c3cc(F)cc(F)c3)cc2C)c2c(N)ncnc12. The van der Waals surface area contributed by atoms with Crippen molar-refractivity contribution in [1.82, 2.24) is 19.7 Å². The number of nitrogens with two attached hydrogens (primary N) is 1. The van der Waals surface area contributed by atoms with Gasteiger partial charge in [0.1, 0.15) is 29.0 Å². The number of fused-ring (bicyclic) bond motifs is 1. The topological polar surface area (TPSA) is 119 Å². The largest absolute Gasteiger partial charge is 0.382 e. The fourth-order valence-corrected chi connectivity index (χ4v) is 3.51. The first-order valence-corrected chi connectivity index (χ1v) is 9.82. The molecule has 4 aromatic rings. The number of aliphatic hydroxyl groups is 1. The van der Waals surface area contributed by atoms with E-state index in [2.05, 4.69) is 20.4 Å². The number of aliphatic hydroxyl groups excluding tert-OH is 1. The van der Waals surface area contributed by atoms with Crippen LogP contribution >= 0.6 is 0 Å². The zero-order chi connectivity index (χ0) is 23.0. The summed E-state index contributed by atoms with van der Waals surface area (Å²) in [6.45, 7) is 3.79. The molecule has 4 N–H and O–H groups in total. The number of carbonyl (C=O) groups is 1. The molecule has 0 fully saturated rings. The van der Waals surface area contributed by atoms with E-state index in [0.717, 1.165) is 23.4 Å². The molecule has 4 rings (SSSR count). The molecule has 0 spiro atoms. The van der Waals surface area contributed by atoms with Crippen molar-refractivity contribution in [2.24, 2.45) is 0 Å². The van der Waals surface area contributed by atoms with Crippen LogP contribution in [0.3, 0.4) is 0 Å². The Morgan fingerprint density at radius 3 is 2.56 bits per heavy atom. The number of nitrogens with one attached hydrogen (secondary N) is 1. The maximum atomic E-state index is 13.4. The number of anilines is 2. The second kappa shape index (κ2) is 8.31. The van der Waals surface area contributed by atoms with Crippen LogP contribution in [0.1, 0.15) is 29.8 Å². The summed E-state index contributed by atoms with van der Waals surface area (Å²) in [5.74, 6) is -2.29. The highest BCUT2D eigenvalue weighted by atomic mass is 19.1. The quantitative estimate of drug-likeness (QED) is 0.440. The molecule has 0 aliphatic carbocycles. The van der Waals surface area contributed by atoms with E-state index in [9.17, 15) is 18.7 Å². The van der Waals surface area contributed by atoms with Crippen LogP contribution in [0.5, 0.6) is 0 Å². The van der Waals surface area contributed by atoms with Crippen LogP contribution in [0.25, 0.3) is 16.7 Å². The summed E-state index contributed by atoms with van der Waals surface area (Å²) >= 11 is 0. The van der Waals surface area contributed by atoms with Gasteiger partial charge in [-0.1, -0.05) is 6.92 Å². The molecule has 8 nitrogen and oxygen atoms in total. The summed E-state index contributed by atoms with van der Waals surface area (Å²) < 4.78 is 28.5. The zero-order valence-electron chi connectivity index (χ0n) is 17.3. The minimum Gasteiger partial charge on any atom is -0.382 e. The molecule has 32 heavy (non-hydrogen) atoms. The average Bonchev–Trinajstić information content (AvgIpc) is 3.12. The maximum absolute atomic E-state index is 13.4. The first kappa shape index (κ1) is 21.3. The van der Waals surface area contributed by atoms with Crippen molar-refractivity contribution in [3.05, 3.63) is 71.2 Å². The van der Waals surface area contributed by atoms with E-state index in [1.165, 1.54) is 6.33 Å². The van der Waals surface area contributed by atoms with E-state index >= 15 is 0 Å². The number of amides is 1. The van der Waals surface area contributed by atoms with Crippen molar-refractivity contribution >= 4 is 28.4 Å². The Kier molecular flexibility index (Phi) is 5.54. The summed E-state index contributed by atoms with van der Waals surface area (Å²) in [4.78, 5) is 20.8. The molecule has 0 aliphatic heterocycles. The van der Waals surface area contributed by atoms with Crippen LogP contribution in [0.4, 0.5) is 20.3 Å². The molecule has 2 aromatic carbocycles. The minimum absolute atomic E-state index is 0.182. The number of hydrogen-bond acceptors (Lipinski definition) is 6. The predicted molar refractivity (Wildman–Crippen MR) is 115 cm³/mol. The van der Waals surface area contributed by atoms with E-state index in [4.69, 9.17) is 5.73 Å². The molecule has 2 aromatic heterocycles. The number of hydrogen-bond donors (Lipinski definition) is 3. The van der Waals surface area contributed by atoms with Gasteiger partial charge in [0.25, 0.3) is 5.91 Å². The first-order chi connectivity index (χ1) is 15.3. The van der Waals surface area contributed by atoms with Crippen LogP contribution < -0.4 is 11.1 Å². The smallest absolute Gasteiger partial charge is 0.257 e. The number of benzene rings is 2.